The monoisotopic (exact) mass is 288 g/mol. The standard InChI is InChI=1S/C16H15FO2.C2H6/c1-10-8-12(11(2)18)9-14(16(10)17)13-6-4-5-7-15(13)19-3;1-2/h4-9H,1-3H3;1-2H3. The molecule has 2 aromatic carbocycles. The van der Waals surface area contributed by atoms with Gasteiger partial charge >= 0.3 is 0 Å². The van der Waals surface area contributed by atoms with Crippen LogP contribution in [0.4, 0.5) is 4.39 Å². The first-order valence-corrected chi connectivity index (χ1v) is 6.99. The molecular weight excluding hydrogens is 267 g/mol. The van der Waals surface area contributed by atoms with Gasteiger partial charge in [0.1, 0.15) is 11.6 Å². The van der Waals surface area contributed by atoms with E-state index < -0.39 is 0 Å². The summed E-state index contributed by atoms with van der Waals surface area (Å²) in [4.78, 5) is 11.5. The Labute approximate surface area is 125 Å². The summed E-state index contributed by atoms with van der Waals surface area (Å²) >= 11 is 0. The lowest BCUT2D eigenvalue weighted by atomic mass is 9.97. The van der Waals surface area contributed by atoms with E-state index in [2.05, 4.69) is 0 Å². The van der Waals surface area contributed by atoms with Gasteiger partial charge in [-0.15, -0.1) is 0 Å². The van der Waals surface area contributed by atoms with Crippen molar-refractivity contribution in [2.75, 3.05) is 7.11 Å². The Morgan fingerprint density at radius 2 is 1.71 bits per heavy atom. The Morgan fingerprint density at radius 1 is 1.10 bits per heavy atom. The van der Waals surface area contributed by atoms with Gasteiger partial charge in [-0.3, -0.25) is 4.79 Å². The van der Waals surface area contributed by atoms with Crippen molar-refractivity contribution < 1.29 is 13.9 Å². The third-order valence-corrected chi connectivity index (χ3v) is 3.06. The van der Waals surface area contributed by atoms with E-state index in [0.717, 1.165) is 0 Å². The van der Waals surface area contributed by atoms with Crippen molar-refractivity contribution in [1.29, 1.82) is 0 Å². The van der Waals surface area contributed by atoms with Crippen LogP contribution in [0.15, 0.2) is 36.4 Å². The fourth-order valence-corrected chi connectivity index (χ4v) is 2.04. The van der Waals surface area contributed by atoms with Crippen molar-refractivity contribution in [3.05, 3.63) is 53.3 Å². The van der Waals surface area contributed by atoms with Gasteiger partial charge in [-0.05, 0) is 37.6 Å². The molecule has 0 fully saturated rings. The summed E-state index contributed by atoms with van der Waals surface area (Å²) in [6.07, 6.45) is 0. The molecule has 0 N–H and O–H groups in total. The Hall–Kier alpha value is -2.16. The molecule has 0 amide bonds. The van der Waals surface area contributed by atoms with Gasteiger partial charge in [0.25, 0.3) is 0 Å². The zero-order valence-electron chi connectivity index (χ0n) is 13.2. The number of carbonyl (C=O) groups is 1. The first kappa shape index (κ1) is 16.9. The highest BCUT2D eigenvalue weighted by atomic mass is 19.1. The van der Waals surface area contributed by atoms with E-state index in [1.165, 1.54) is 6.92 Å². The zero-order valence-corrected chi connectivity index (χ0v) is 13.2. The molecule has 21 heavy (non-hydrogen) atoms. The van der Waals surface area contributed by atoms with Crippen molar-refractivity contribution in [2.24, 2.45) is 0 Å². The van der Waals surface area contributed by atoms with Crippen molar-refractivity contribution in [3.8, 4) is 16.9 Å². The molecule has 0 heterocycles. The first-order valence-electron chi connectivity index (χ1n) is 6.99. The predicted molar refractivity (Wildman–Crippen MR) is 84.5 cm³/mol. The van der Waals surface area contributed by atoms with Gasteiger partial charge in [0.05, 0.1) is 7.11 Å². The summed E-state index contributed by atoms with van der Waals surface area (Å²) in [5.41, 5.74) is 1.99. The first-order chi connectivity index (χ1) is 10.0. The fraction of sp³-hybridized carbons (Fsp3) is 0.278. The molecule has 2 rings (SSSR count). The summed E-state index contributed by atoms with van der Waals surface area (Å²) in [5.74, 6) is 0.176. The van der Waals surface area contributed by atoms with Crippen LogP contribution in [0.1, 0.15) is 36.7 Å². The lowest BCUT2D eigenvalue weighted by Gasteiger charge is -2.12. The fourth-order valence-electron chi connectivity index (χ4n) is 2.04. The molecule has 0 atom stereocenters. The lowest BCUT2D eigenvalue weighted by Crippen LogP contribution is -1.98. The molecule has 2 nitrogen and oxygen atoms in total. The molecule has 0 saturated carbocycles. The summed E-state index contributed by atoms with van der Waals surface area (Å²) in [7, 11) is 1.54. The molecular formula is C18H21FO2. The van der Waals surface area contributed by atoms with Gasteiger partial charge in [0.2, 0.25) is 0 Å². The Kier molecular flexibility index (Phi) is 6.10. The quantitative estimate of drug-likeness (QED) is 0.740. The maximum atomic E-state index is 14.3. The maximum absolute atomic E-state index is 14.3. The molecule has 0 unspecified atom stereocenters. The number of hydrogen-bond acceptors (Lipinski definition) is 2. The predicted octanol–water partition coefficient (Wildman–Crippen LogP) is 5.04. The van der Waals surface area contributed by atoms with E-state index in [4.69, 9.17) is 4.74 Å². The molecule has 0 radical (unpaired) electrons. The van der Waals surface area contributed by atoms with Gasteiger partial charge in [-0.2, -0.15) is 0 Å². The van der Waals surface area contributed by atoms with Crippen molar-refractivity contribution >= 4 is 5.78 Å². The largest absolute Gasteiger partial charge is 0.496 e. The number of ketones is 1. The number of halogens is 1. The number of hydrogen-bond donors (Lipinski definition) is 0. The highest BCUT2D eigenvalue weighted by molar-refractivity contribution is 5.96. The van der Waals surface area contributed by atoms with Crippen LogP contribution in [0.3, 0.4) is 0 Å². The van der Waals surface area contributed by atoms with Crippen molar-refractivity contribution in [3.63, 3.8) is 0 Å². The van der Waals surface area contributed by atoms with Crippen LogP contribution in [-0.2, 0) is 0 Å². The van der Waals surface area contributed by atoms with Gasteiger partial charge < -0.3 is 4.74 Å². The number of carbonyl (C=O) groups excluding carboxylic acids is 1. The van der Waals surface area contributed by atoms with Crippen LogP contribution in [0, 0.1) is 12.7 Å². The summed E-state index contributed by atoms with van der Waals surface area (Å²) in [5, 5.41) is 0. The molecule has 3 heteroatoms. The van der Waals surface area contributed by atoms with Crippen LogP contribution in [0.2, 0.25) is 0 Å². The molecule has 112 valence electrons. The molecule has 0 spiro atoms. The lowest BCUT2D eigenvalue weighted by molar-refractivity contribution is 0.101. The number of ether oxygens (including phenoxy) is 1. The normalized spacial score (nSPS) is 9.62. The van der Waals surface area contributed by atoms with E-state index in [-0.39, 0.29) is 11.6 Å². The molecule has 0 saturated heterocycles. The second-order valence-corrected chi connectivity index (χ2v) is 4.41. The van der Waals surface area contributed by atoms with Crippen LogP contribution in [0.25, 0.3) is 11.1 Å². The van der Waals surface area contributed by atoms with Crippen LogP contribution in [0.5, 0.6) is 5.75 Å². The molecule has 0 aromatic heterocycles. The summed E-state index contributed by atoms with van der Waals surface area (Å²) in [6, 6.07) is 10.3. The number of para-hydroxylation sites is 1. The minimum Gasteiger partial charge on any atom is -0.496 e. The number of rotatable bonds is 3. The highest BCUT2D eigenvalue weighted by Gasteiger charge is 2.14. The minimum absolute atomic E-state index is 0.0840. The maximum Gasteiger partial charge on any atom is 0.159 e. The van der Waals surface area contributed by atoms with Crippen molar-refractivity contribution in [1.82, 2.24) is 0 Å². The molecule has 2 aromatic rings. The highest BCUT2D eigenvalue weighted by Crippen LogP contribution is 2.33. The van der Waals surface area contributed by atoms with Gasteiger partial charge in [0.15, 0.2) is 5.78 Å². The topological polar surface area (TPSA) is 26.3 Å². The van der Waals surface area contributed by atoms with Crippen molar-refractivity contribution in [2.45, 2.75) is 27.7 Å². The zero-order chi connectivity index (χ0) is 16.0. The van der Waals surface area contributed by atoms with Gasteiger partial charge in [0, 0.05) is 16.7 Å². The second-order valence-electron chi connectivity index (χ2n) is 4.41. The summed E-state index contributed by atoms with van der Waals surface area (Å²) in [6.45, 7) is 7.12. The van der Waals surface area contributed by atoms with E-state index in [0.29, 0.717) is 28.0 Å². The van der Waals surface area contributed by atoms with Crippen LogP contribution in [-0.4, -0.2) is 12.9 Å². The van der Waals surface area contributed by atoms with E-state index in [1.807, 2.05) is 26.0 Å². The molecule has 0 aliphatic carbocycles. The average Bonchev–Trinajstić information content (AvgIpc) is 2.51. The number of Topliss-reactive ketones (excluding diaryl/α,β-unsaturated/α-hetero) is 1. The van der Waals surface area contributed by atoms with Gasteiger partial charge in [-0.25, -0.2) is 4.39 Å². The third-order valence-electron chi connectivity index (χ3n) is 3.06. The van der Waals surface area contributed by atoms with E-state index >= 15 is 0 Å². The van der Waals surface area contributed by atoms with Crippen LogP contribution < -0.4 is 4.74 Å². The SMILES string of the molecule is CC.COc1ccccc1-c1cc(C(C)=O)cc(C)c1F. The smallest absolute Gasteiger partial charge is 0.159 e. The molecule has 0 aliphatic heterocycles. The number of methoxy groups -OCH3 is 1. The Morgan fingerprint density at radius 3 is 2.29 bits per heavy atom. The molecule has 0 aliphatic rings. The number of benzene rings is 2. The van der Waals surface area contributed by atoms with Gasteiger partial charge in [-0.1, -0.05) is 32.0 Å². The minimum atomic E-state index is -0.325. The number of aryl methyl sites for hydroxylation is 1. The van der Waals surface area contributed by atoms with E-state index in [9.17, 15) is 9.18 Å². The summed E-state index contributed by atoms with van der Waals surface area (Å²) < 4.78 is 19.5. The second kappa shape index (κ2) is 7.58. The molecule has 0 bridgehead atoms. The third kappa shape index (κ3) is 3.69. The Bertz CT molecular complexity index is 633. The Balaban J connectivity index is 0.00000106. The van der Waals surface area contributed by atoms with Crippen LogP contribution >= 0.6 is 0 Å². The average molecular weight is 288 g/mol. The van der Waals surface area contributed by atoms with E-state index in [1.54, 1.807) is 38.3 Å².